The molecule has 0 rings (SSSR count). The number of hydrogen-bond acceptors (Lipinski definition) is 1. The average Bonchev–Trinajstić information content (AvgIpc) is 1.95. The first-order valence-electron chi connectivity index (χ1n) is 5.41. The summed E-state index contributed by atoms with van der Waals surface area (Å²) < 4.78 is 0. The molecule has 0 fully saturated rings. The fourth-order valence-electron chi connectivity index (χ4n) is 1.07. The Morgan fingerprint density at radius 3 is 1.71 bits per heavy atom. The summed E-state index contributed by atoms with van der Waals surface area (Å²) in [6, 6.07) is 0. The average molecular weight is 198 g/mol. The molecule has 0 spiro atoms. The van der Waals surface area contributed by atoms with Crippen molar-refractivity contribution in [2.45, 2.75) is 54.6 Å². The predicted octanol–water partition coefficient (Wildman–Crippen LogP) is 3.63. The summed E-state index contributed by atoms with van der Waals surface area (Å²) >= 11 is 0. The second-order valence-corrected chi connectivity index (χ2v) is 6.37. The molecule has 0 aliphatic carbocycles. The van der Waals surface area contributed by atoms with Crippen LogP contribution in [0.2, 0.25) is 0 Å². The Morgan fingerprint density at radius 1 is 1.00 bits per heavy atom. The van der Waals surface area contributed by atoms with Crippen LogP contribution in [0.1, 0.15) is 48.5 Å². The van der Waals surface area contributed by atoms with E-state index >= 15 is 0 Å². The second-order valence-electron chi connectivity index (χ2n) is 6.37. The lowest BCUT2D eigenvalue weighted by Gasteiger charge is -2.30. The van der Waals surface area contributed by atoms with Crippen molar-refractivity contribution in [1.29, 1.82) is 0 Å². The van der Waals surface area contributed by atoms with Gasteiger partial charge in [-0.2, -0.15) is 0 Å². The fourth-order valence-corrected chi connectivity index (χ4v) is 1.07. The third-order valence-corrected chi connectivity index (χ3v) is 2.67. The summed E-state index contributed by atoms with van der Waals surface area (Å²) in [6.07, 6.45) is 3.67. The summed E-state index contributed by atoms with van der Waals surface area (Å²) in [5.41, 5.74) is 0.306. The maximum atomic E-state index is 9.93. The van der Waals surface area contributed by atoms with E-state index < -0.39 is 0 Å². The zero-order valence-corrected chi connectivity index (χ0v) is 10.8. The predicted molar refractivity (Wildman–Crippen MR) is 63.2 cm³/mol. The quantitative estimate of drug-likeness (QED) is 0.672. The van der Waals surface area contributed by atoms with Gasteiger partial charge in [-0.1, -0.05) is 60.6 Å². The highest BCUT2D eigenvalue weighted by molar-refractivity contribution is 4.99. The standard InChI is InChI=1S/C13H26O/c1-10(13(5,6)7)11(14)8-9-12(2,3)4/h8-11,14H,1-7H3/t10-,11?/m0/s1. The van der Waals surface area contributed by atoms with Gasteiger partial charge < -0.3 is 5.11 Å². The van der Waals surface area contributed by atoms with Crippen LogP contribution in [0, 0.1) is 16.7 Å². The maximum absolute atomic E-state index is 9.93. The van der Waals surface area contributed by atoms with E-state index in [1.165, 1.54) is 0 Å². The molecule has 84 valence electrons. The number of aliphatic hydroxyl groups excluding tert-OH is 1. The molecule has 0 saturated carbocycles. The van der Waals surface area contributed by atoms with Gasteiger partial charge in [-0.15, -0.1) is 0 Å². The Morgan fingerprint density at radius 2 is 1.43 bits per heavy atom. The molecule has 0 radical (unpaired) electrons. The van der Waals surface area contributed by atoms with Crippen molar-refractivity contribution in [2.24, 2.45) is 16.7 Å². The number of rotatable bonds is 2. The van der Waals surface area contributed by atoms with Crippen LogP contribution in [-0.2, 0) is 0 Å². The van der Waals surface area contributed by atoms with Crippen LogP contribution >= 0.6 is 0 Å². The van der Waals surface area contributed by atoms with Crippen LogP contribution in [0.3, 0.4) is 0 Å². The number of aliphatic hydroxyl groups is 1. The molecule has 0 amide bonds. The molecule has 1 unspecified atom stereocenters. The lowest BCUT2D eigenvalue weighted by atomic mass is 9.78. The van der Waals surface area contributed by atoms with E-state index in [2.05, 4.69) is 54.5 Å². The number of hydrogen-bond donors (Lipinski definition) is 1. The highest BCUT2D eigenvalue weighted by Crippen LogP contribution is 2.29. The molecule has 0 aromatic rings. The van der Waals surface area contributed by atoms with E-state index in [0.29, 0.717) is 0 Å². The Labute approximate surface area is 89.2 Å². The minimum absolute atomic E-state index is 0.151. The Balaban J connectivity index is 4.36. The van der Waals surface area contributed by atoms with Crippen LogP contribution < -0.4 is 0 Å². The monoisotopic (exact) mass is 198 g/mol. The van der Waals surface area contributed by atoms with Crippen LogP contribution in [-0.4, -0.2) is 11.2 Å². The molecule has 0 aromatic carbocycles. The van der Waals surface area contributed by atoms with Gasteiger partial charge in [0.15, 0.2) is 0 Å². The van der Waals surface area contributed by atoms with Crippen LogP contribution in [0.4, 0.5) is 0 Å². The topological polar surface area (TPSA) is 20.2 Å². The molecular weight excluding hydrogens is 172 g/mol. The first-order chi connectivity index (χ1) is 6.04. The molecule has 1 N–H and O–H groups in total. The molecular formula is C13H26O. The van der Waals surface area contributed by atoms with Gasteiger partial charge in [0.05, 0.1) is 6.10 Å². The van der Waals surface area contributed by atoms with Gasteiger partial charge in [0, 0.05) is 0 Å². The van der Waals surface area contributed by atoms with Crippen molar-refractivity contribution in [1.82, 2.24) is 0 Å². The molecule has 14 heavy (non-hydrogen) atoms. The van der Waals surface area contributed by atoms with E-state index in [4.69, 9.17) is 0 Å². The van der Waals surface area contributed by atoms with E-state index in [9.17, 15) is 5.11 Å². The van der Waals surface area contributed by atoms with E-state index in [0.717, 1.165) is 0 Å². The Bertz CT molecular complexity index is 190. The minimum Gasteiger partial charge on any atom is -0.389 e. The van der Waals surface area contributed by atoms with Gasteiger partial charge >= 0.3 is 0 Å². The lowest BCUT2D eigenvalue weighted by Crippen LogP contribution is -2.28. The SMILES string of the molecule is C[C@@H](C(O)C=CC(C)(C)C)C(C)(C)C. The van der Waals surface area contributed by atoms with E-state index in [1.807, 2.05) is 6.08 Å². The molecule has 1 nitrogen and oxygen atoms in total. The normalized spacial score (nSPS) is 18.6. The molecule has 0 aliphatic heterocycles. The molecule has 1 heteroatoms. The zero-order chi connectivity index (χ0) is 11.6. The maximum Gasteiger partial charge on any atom is 0.0751 e. The molecule has 2 atom stereocenters. The van der Waals surface area contributed by atoms with Gasteiger partial charge in [0.25, 0.3) is 0 Å². The highest BCUT2D eigenvalue weighted by atomic mass is 16.3. The van der Waals surface area contributed by atoms with Crippen molar-refractivity contribution in [3.63, 3.8) is 0 Å². The largest absolute Gasteiger partial charge is 0.389 e. The van der Waals surface area contributed by atoms with Gasteiger partial charge in [-0.3, -0.25) is 0 Å². The first kappa shape index (κ1) is 13.7. The van der Waals surface area contributed by atoms with Crippen molar-refractivity contribution < 1.29 is 5.11 Å². The van der Waals surface area contributed by atoms with E-state index in [1.54, 1.807) is 0 Å². The molecule has 0 aromatic heterocycles. The summed E-state index contributed by atoms with van der Waals surface area (Å²) in [5.74, 6) is 0.279. The van der Waals surface area contributed by atoms with Crippen molar-refractivity contribution in [2.75, 3.05) is 0 Å². The van der Waals surface area contributed by atoms with Crippen molar-refractivity contribution >= 4 is 0 Å². The first-order valence-corrected chi connectivity index (χ1v) is 5.41. The third-order valence-electron chi connectivity index (χ3n) is 2.67. The summed E-state index contributed by atoms with van der Waals surface area (Å²) in [5, 5.41) is 9.93. The molecule has 0 bridgehead atoms. The molecule has 0 heterocycles. The van der Waals surface area contributed by atoms with Gasteiger partial charge in [0.1, 0.15) is 0 Å². The van der Waals surface area contributed by atoms with Gasteiger partial charge in [0.2, 0.25) is 0 Å². The summed E-state index contributed by atoms with van der Waals surface area (Å²) in [6.45, 7) is 15.0. The Kier molecular flexibility index (Phi) is 4.38. The zero-order valence-electron chi connectivity index (χ0n) is 10.8. The molecule has 0 aliphatic rings. The lowest BCUT2D eigenvalue weighted by molar-refractivity contribution is 0.0887. The van der Waals surface area contributed by atoms with E-state index in [-0.39, 0.29) is 22.9 Å². The van der Waals surface area contributed by atoms with Gasteiger partial charge in [-0.25, -0.2) is 0 Å². The number of allylic oxidation sites excluding steroid dienone is 1. The third kappa shape index (κ3) is 5.43. The smallest absolute Gasteiger partial charge is 0.0751 e. The fraction of sp³-hybridized carbons (Fsp3) is 0.846. The van der Waals surface area contributed by atoms with Crippen LogP contribution in [0.25, 0.3) is 0 Å². The van der Waals surface area contributed by atoms with Crippen molar-refractivity contribution in [3.8, 4) is 0 Å². The van der Waals surface area contributed by atoms with Gasteiger partial charge in [-0.05, 0) is 16.7 Å². The summed E-state index contributed by atoms with van der Waals surface area (Å²) in [4.78, 5) is 0. The highest BCUT2D eigenvalue weighted by Gasteiger charge is 2.25. The van der Waals surface area contributed by atoms with Crippen LogP contribution in [0.5, 0.6) is 0 Å². The second kappa shape index (κ2) is 4.48. The Hall–Kier alpha value is -0.300. The summed E-state index contributed by atoms with van der Waals surface area (Å²) in [7, 11) is 0. The minimum atomic E-state index is -0.339. The van der Waals surface area contributed by atoms with Crippen molar-refractivity contribution in [3.05, 3.63) is 12.2 Å². The van der Waals surface area contributed by atoms with Crippen LogP contribution in [0.15, 0.2) is 12.2 Å². The molecule has 0 saturated heterocycles.